The zero-order valence-corrected chi connectivity index (χ0v) is 11.2. The highest BCUT2D eigenvalue weighted by molar-refractivity contribution is 5.91. The van der Waals surface area contributed by atoms with Gasteiger partial charge in [-0.25, -0.2) is 9.78 Å². The first-order valence-electron chi connectivity index (χ1n) is 6.47. The van der Waals surface area contributed by atoms with Crippen LogP contribution in [0.15, 0.2) is 54.9 Å². The highest BCUT2D eigenvalue weighted by Gasteiger charge is 2.03. The minimum absolute atomic E-state index is 0.0994. The van der Waals surface area contributed by atoms with E-state index in [0.717, 1.165) is 11.0 Å². The van der Waals surface area contributed by atoms with Crippen molar-refractivity contribution in [1.82, 2.24) is 15.3 Å². The van der Waals surface area contributed by atoms with E-state index in [0.29, 0.717) is 11.4 Å². The van der Waals surface area contributed by atoms with Gasteiger partial charge in [-0.05, 0) is 30.3 Å². The van der Waals surface area contributed by atoms with Crippen LogP contribution >= 0.6 is 0 Å². The molecule has 106 valence electrons. The molecule has 0 unspecified atom stereocenters. The van der Waals surface area contributed by atoms with E-state index in [4.69, 9.17) is 4.74 Å². The van der Waals surface area contributed by atoms with Gasteiger partial charge in [-0.1, -0.05) is 18.2 Å². The van der Waals surface area contributed by atoms with E-state index in [1.54, 1.807) is 12.4 Å². The average Bonchev–Trinajstić information content (AvgIpc) is 2.96. The van der Waals surface area contributed by atoms with Crippen LogP contribution in [-0.4, -0.2) is 22.7 Å². The Bertz CT molecular complexity index is 740. The molecule has 21 heavy (non-hydrogen) atoms. The third kappa shape index (κ3) is 3.30. The van der Waals surface area contributed by atoms with Crippen LogP contribution in [0, 0.1) is 0 Å². The Morgan fingerprint density at radius 1 is 1.19 bits per heavy atom. The molecule has 6 heteroatoms. The summed E-state index contributed by atoms with van der Waals surface area (Å²) in [4.78, 5) is 18.9. The fourth-order valence-electron chi connectivity index (χ4n) is 1.89. The Morgan fingerprint density at radius 3 is 2.90 bits per heavy atom. The van der Waals surface area contributed by atoms with Crippen molar-refractivity contribution in [3.63, 3.8) is 0 Å². The first-order valence-corrected chi connectivity index (χ1v) is 6.47. The van der Waals surface area contributed by atoms with E-state index >= 15 is 0 Å². The van der Waals surface area contributed by atoms with Gasteiger partial charge in [0.15, 0.2) is 6.73 Å². The maximum Gasteiger partial charge on any atom is 0.321 e. The maximum absolute atomic E-state index is 11.7. The fourth-order valence-corrected chi connectivity index (χ4v) is 1.89. The molecule has 3 rings (SSSR count). The quantitative estimate of drug-likeness (QED) is 0.644. The summed E-state index contributed by atoms with van der Waals surface area (Å²) < 4.78 is 5.38. The van der Waals surface area contributed by atoms with Crippen LogP contribution in [0.25, 0.3) is 11.0 Å². The molecule has 0 aliphatic rings. The molecule has 0 atom stereocenters. The number of nitrogens with zero attached hydrogens (tertiary/aromatic N) is 1. The van der Waals surface area contributed by atoms with Gasteiger partial charge in [-0.3, -0.25) is 0 Å². The molecule has 0 bridgehead atoms. The standard InChI is InChI=1S/C15H14N4O2/c20-15(18-10-21-12-4-2-1-3-5-12)19-11-6-7-13-14(8-11)17-9-16-13/h1-9H,10H2,(H,16,17)(H2,18,19,20). The molecule has 6 nitrogen and oxygen atoms in total. The van der Waals surface area contributed by atoms with Gasteiger partial charge >= 0.3 is 6.03 Å². The topological polar surface area (TPSA) is 79.0 Å². The van der Waals surface area contributed by atoms with Crippen LogP contribution in [0.2, 0.25) is 0 Å². The number of aromatic nitrogens is 2. The van der Waals surface area contributed by atoms with Gasteiger partial charge in [-0.15, -0.1) is 0 Å². The lowest BCUT2D eigenvalue weighted by molar-refractivity contribution is 0.234. The monoisotopic (exact) mass is 282 g/mol. The number of urea groups is 1. The highest BCUT2D eigenvalue weighted by atomic mass is 16.5. The number of fused-ring (bicyclic) bond motifs is 1. The smallest absolute Gasteiger partial charge is 0.321 e. The van der Waals surface area contributed by atoms with E-state index in [-0.39, 0.29) is 12.8 Å². The normalized spacial score (nSPS) is 10.3. The van der Waals surface area contributed by atoms with Gasteiger partial charge in [0.05, 0.1) is 17.4 Å². The summed E-state index contributed by atoms with van der Waals surface area (Å²) >= 11 is 0. The summed E-state index contributed by atoms with van der Waals surface area (Å²) in [5, 5.41) is 5.36. The number of hydrogen-bond acceptors (Lipinski definition) is 3. The molecule has 2 aromatic carbocycles. The maximum atomic E-state index is 11.7. The molecular weight excluding hydrogens is 268 g/mol. The number of anilines is 1. The van der Waals surface area contributed by atoms with Crippen molar-refractivity contribution in [3.05, 3.63) is 54.9 Å². The van der Waals surface area contributed by atoms with Gasteiger partial charge in [0.2, 0.25) is 0 Å². The lowest BCUT2D eigenvalue weighted by Gasteiger charge is -2.09. The number of imidazole rings is 1. The zero-order valence-electron chi connectivity index (χ0n) is 11.2. The molecule has 3 N–H and O–H groups in total. The number of para-hydroxylation sites is 1. The summed E-state index contributed by atoms with van der Waals surface area (Å²) in [6.07, 6.45) is 1.61. The zero-order chi connectivity index (χ0) is 14.5. The molecule has 1 heterocycles. The second-order valence-electron chi connectivity index (χ2n) is 4.37. The Labute approximate surface area is 121 Å². The molecule has 0 saturated carbocycles. The number of hydrogen-bond donors (Lipinski definition) is 3. The molecule has 0 aliphatic heterocycles. The van der Waals surface area contributed by atoms with Crippen molar-refractivity contribution in [3.8, 4) is 5.75 Å². The van der Waals surface area contributed by atoms with Crippen molar-refractivity contribution in [1.29, 1.82) is 0 Å². The Balaban J connectivity index is 1.51. The number of amides is 2. The van der Waals surface area contributed by atoms with Crippen LogP contribution < -0.4 is 15.4 Å². The number of nitrogens with one attached hydrogen (secondary N) is 3. The molecule has 2 amide bonds. The van der Waals surface area contributed by atoms with E-state index < -0.39 is 0 Å². The minimum atomic E-state index is -0.329. The Kier molecular flexibility index (Phi) is 3.68. The largest absolute Gasteiger partial charge is 0.473 e. The van der Waals surface area contributed by atoms with Crippen LogP contribution in [0.3, 0.4) is 0 Å². The van der Waals surface area contributed by atoms with E-state index in [2.05, 4.69) is 20.6 Å². The van der Waals surface area contributed by atoms with Gasteiger partial charge in [0, 0.05) is 5.69 Å². The van der Waals surface area contributed by atoms with Crippen LogP contribution in [0.1, 0.15) is 0 Å². The third-order valence-electron chi connectivity index (χ3n) is 2.89. The molecule has 0 fully saturated rings. The highest BCUT2D eigenvalue weighted by Crippen LogP contribution is 2.15. The predicted molar refractivity (Wildman–Crippen MR) is 80.2 cm³/mol. The summed E-state index contributed by atoms with van der Waals surface area (Å²) in [5.41, 5.74) is 2.41. The predicted octanol–water partition coefficient (Wildman–Crippen LogP) is 2.72. The molecule has 0 radical (unpaired) electrons. The summed E-state index contributed by atoms with van der Waals surface area (Å²) in [6.45, 7) is 0.0994. The van der Waals surface area contributed by atoms with Crippen molar-refractivity contribution in [2.75, 3.05) is 12.0 Å². The number of rotatable bonds is 4. The number of carbonyl (C=O) groups excluding carboxylic acids is 1. The van der Waals surface area contributed by atoms with E-state index in [1.807, 2.05) is 42.5 Å². The van der Waals surface area contributed by atoms with E-state index in [1.165, 1.54) is 0 Å². The lowest BCUT2D eigenvalue weighted by Crippen LogP contribution is -2.31. The van der Waals surface area contributed by atoms with Crippen LogP contribution in [0.5, 0.6) is 5.75 Å². The summed E-state index contributed by atoms with van der Waals surface area (Å²) in [7, 11) is 0. The molecule has 0 aliphatic carbocycles. The fraction of sp³-hybridized carbons (Fsp3) is 0.0667. The lowest BCUT2D eigenvalue weighted by atomic mass is 10.3. The number of carbonyl (C=O) groups is 1. The average molecular weight is 282 g/mol. The van der Waals surface area contributed by atoms with Gasteiger partial charge in [0.25, 0.3) is 0 Å². The van der Waals surface area contributed by atoms with Gasteiger partial charge in [-0.2, -0.15) is 0 Å². The van der Waals surface area contributed by atoms with Crippen molar-refractivity contribution in [2.45, 2.75) is 0 Å². The van der Waals surface area contributed by atoms with Crippen molar-refractivity contribution in [2.24, 2.45) is 0 Å². The number of benzene rings is 2. The number of ether oxygens (including phenoxy) is 1. The minimum Gasteiger partial charge on any atom is -0.473 e. The van der Waals surface area contributed by atoms with Crippen LogP contribution in [0.4, 0.5) is 10.5 Å². The first kappa shape index (κ1) is 13.0. The molecule has 1 aromatic heterocycles. The molecule has 3 aromatic rings. The Morgan fingerprint density at radius 2 is 2.05 bits per heavy atom. The van der Waals surface area contributed by atoms with Crippen molar-refractivity contribution >= 4 is 22.8 Å². The summed E-state index contributed by atoms with van der Waals surface area (Å²) in [5.74, 6) is 0.705. The second kappa shape index (κ2) is 5.96. The first-order chi connectivity index (χ1) is 10.3. The van der Waals surface area contributed by atoms with Gasteiger partial charge < -0.3 is 20.4 Å². The number of H-pyrrole nitrogens is 1. The van der Waals surface area contributed by atoms with E-state index in [9.17, 15) is 4.79 Å². The molecule has 0 spiro atoms. The van der Waals surface area contributed by atoms with Crippen molar-refractivity contribution < 1.29 is 9.53 Å². The third-order valence-corrected chi connectivity index (χ3v) is 2.89. The molecular formula is C15H14N4O2. The second-order valence-corrected chi connectivity index (χ2v) is 4.37. The number of aromatic amines is 1. The molecule has 0 saturated heterocycles. The summed E-state index contributed by atoms with van der Waals surface area (Å²) in [6, 6.07) is 14.4. The van der Waals surface area contributed by atoms with Crippen LogP contribution in [-0.2, 0) is 0 Å². The SMILES string of the molecule is O=C(NCOc1ccccc1)Nc1ccc2nc[nH]c2c1. The Hall–Kier alpha value is -3.02. The van der Waals surface area contributed by atoms with Gasteiger partial charge in [0.1, 0.15) is 5.75 Å².